The number of para-hydroxylation sites is 2. The Bertz CT molecular complexity index is 2700. The lowest BCUT2D eigenvalue weighted by molar-refractivity contribution is 0.475. The summed E-state index contributed by atoms with van der Waals surface area (Å²) in [6.07, 6.45) is 16.6. The Hall–Kier alpha value is -5.43. The number of amidine groups is 2. The van der Waals surface area contributed by atoms with Gasteiger partial charge in [0.1, 0.15) is 12.0 Å². The van der Waals surface area contributed by atoms with Crippen LogP contribution in [0.2, 0.25) is 0 Å². The minimum Gasteiger partial charge on any atom is -0.347 e. The molecule has 0 spiro atoms. The van der Waals surface area contributed by atoms with E-state index in [1.807, 2.05) is 29.2 Å². The third-order valence-electron chi connectivity index (χ3n) is 10.7. The molecule has 0 saturated carbocycles. The van der Waals surface area contributed by atoms with Crippen LogP contribution in [-0.4, -0.2) is 27.7 Å². The van der Waals surface area contributed by atoms with Gasteiger partial charge in [-0.1, -0.05) is 109 Å². The Morgan fingerprint density at radius 3 is 2.29 bits per heavy atom. The minimum absolute atomic E-state index is 0.0930. The Labute approximate surface area is 303 Å². The zero-order valence-corrected chi connectivity index (χ0v) is 29.2. The van der Waals surface area contributed by atoms with Crippen LogP contribution in [0.1, 0.15) is 29.0 Å². The van der Waals surface area contributed by atoms with Gasteiger partial charge in [-0.05, 0) is 54.5 Å². The summed E-state index contributed by atoms with van der Waals surface area (Å²) < 4.78 is 5.14. The van der Waals surface area contributed by atoms with Gasteiger partial charge in [-0.25, -0.2) is 9.98 Å². The molecule has 0 fully saturated rings. The van der Waals surface area contributed by atoms with E-state index in [0.717, 1.165) is 29.2 Å². The van der Waals surface area contributed by atoms with Gasteiger partial charge in [-0.2, -0.15) is 0 Å². The molecule has 4 heterocycles. The van der Waals surface area contributed by atoms with E-state index in [1.165, 1.54) is 58.1 Å². The molecular weight excluding hydrogens is 661 g/mol. The van der Waals surface area contributed by atoms with E-state index in [2.05, 4.69) is 156 Å². The molecule has 4 nitrogen and oxygen atoms in total. The van der Waals surface area contributed by atoms with Gasteiger partial charge >= 0.3 is 0 Å². The second-order valence-corrected chi connectivity index (χ2v) is 15.9. The third kappa shape index (κ3) is 4.60. The normalized spacial score (nSPS) is 22.2. The van der Waals surface area contributed by atoms with E-state index in [0.29, 0.717) is 5.25 Å². The highest BCUT2D eigenvalue weighted by molar-refractivity contribution is 8.00. The SMILES string of the molecule is C1=CCC(C2N=C(c3ccc4sc5ccc6c(c5c4c3)SC3C=CC=C(n4c5ccccc5c5ccccc54)C63)N=C(c3ccccc3)N2)C=C1. The lowest BCUT2D eigenvalue weighted by Crippen LogP contribution is -2.43. The number of aliphatic imine (C=N–C) groups is 2. The Balaban J connectivity index is 1.06. The van der Waals surface area contributed by atoms with E-state index in [4.69, 9.17) is 9.98 Å². The van der Waals surface area contributed by atoms with Crippen LogP contribution < -0.4 is 5.32 Å². The molecule has 11 rings (SSSR count). The molecule has 1 N–H and O–H groups in total. The second kappa shape index (κ2) is 11.6. The van der Waals surface area contributed by atoms with Crippen molar-refractivity contribution in [3.8, 4) is 0 Å². The molecule has 4 aliphatic rings. The summed E-state index contributed by atoms with van der Waals surface area (Å²) in [7, 11) is 0. The van der Waals surface area contributed by atoms with E-state index < -0.39 is 0 Å². The van der Waals surface area contributed by atoms with Crippen LogP contribution in [0.15, 0.2) is 167 Å². The average molecular weight is 693 g/mol. The summed E-state index contributed by atoms with van der Waals surface area (Å²) in [6, 6.07) is 39.7. The lowest BCUT2D eigenvalue weighted by Gasteiger charge is -2.28. The van der Waals surface area contributed by atoms with Crippen LogP contribution in [0.3, 0.4) is 0 Å². The zero-order chi connectivity index (χ0) is 33.5. The number of nitrogens with zero attached hydrogens (tertiary/aromatic N) is 3. The molecular formula is C45H32N4S2. The van der Waals surface area contributed by atoms with Gasteiger partial charge in [0, 0.05) is 69.7 Å². The van der Waals surface area contributed by atoms with Crippen LogP contribution >= 0.6 is 23.1 Å². The highest BCUT2D eigenvalue weighted by atomic mass is 32.2. The first-order valence-corrected chi connectivity index (χ1v) is 19.3. The molecule has 0 radical (unpaired) electrons. The number of thiophene rings is 1. The molecule has 4 atom stereocenters. The first-order chi connectivity index (χ1) is 25.3. The van der Waals surface area contributed by atoms with E-state index >= 15 is 0 Å². The quantitative estimate of drug-likeness (QED) is 0.199. The van der Waals surface area contributed by atoms with Crippen LogP contribution in [0.5, 0.6) is 0 Å². The van der Waals surface area contributed by atoms with Gasteiger partial charge in [0.15, 0.2) is 5.84 Å². The third-order valence-corrected chi connectivity index (χ3v) is 13.3. The maximum atomic E-state index is 5.25. The molecule has 7 aromatic rings. The summed E-state index contributed by atoms with van der Waals surface area (Å²) in [6.45, 7) is 0. The Morgan fingerprint density at radius 2 is 1.49 bits per heavy atom. The number of hydrogen-bond donors (Lipinski definition) is 1. The summed E-state index contributed by atoms with van der Waals surface area (Å²) in [5.74, 6) is 2.18. The first-order valence-electron chi connectivity index (χ1n) is 17.6. The summed E-state index contributed by atoms with van der Waals surface area (Å²) in [4.78, 5) is 11.8. The molecule has 0 saturated heterocycles. The predicted molar refractivity (Wildman–Crippen MR) is 217 cm³/mol. The highest BCUT2D eigenvalue weighted by Crippen LogP contribution is 2.57. The van der Waals surface area contributed by atoms with E-state index in [9.17, 15) is 0 Å². The minimum atomic E-state index is -0.0930. The molecule has 244 valence electrons. The van der Waals surface area contributed by atoms with Gasteiger partial charge in [-0.15, -0.1) is 23.1 Å². The van der Waals surface area contributed by atoms with E-state index in [1.54, 1.807) is 0 Å². The molecule has 5 aromatic carbocycles. The molecule has 0 bridgehead atoms. The zero-order valence-electron chi connectivity index (χ0n) is 27.6. The number of rotatable bonds is 4. The van der Waals surface area contributed by atoms with Crippen molar-refractivity contribution in [2.45, 2.75) is 28.6 Å². The monoisotopic (exact) mass is 692 g/mol. The number of benzene rings is 5. The van der Waals surface area contributed by atoms with Crippen LogP contribution in [-0.2, 0) is 0 Å². The smallest absolute Gasteiger partial charge is 0.159 e. The number of aromatic nitrogens is 1. The van der Waals surface area contributed by atoms with Crippen molar-refractivity contribution in [2.75, 3.05) is 0 Å². The second-order valence-electron chi connectivity index (χ2n) is 13.7. The lowest BCUT2D eigenvalue weighted by atomic mass is 9.88. The fourth-order valence-corrected chi connectivity index (χ4v) is 11.1. The van der Waals surface area contributed by atoms with Crippen LogP contribution in [0.25, 0.3) is 47.7 Å². The summed E-state index contributed by atoms with van der Waals surface area (Å²) >= 11 is 3.91. The molecule has 2 aliphatic carbocycles. The number of nitrogens with one attached hydrogen (secondary N) is 1. The number of hydrogen-bond acceptors (Lipinski definition) is 5. The number of fused-ring (bicyclic) bond motifs is 10. The molecule has 51 heavy (non-hydrogen) atoms. The number of thioether (sulfide) groups is 1. The topological polar surface area (TPSA) is 41.7 Å². The number of allylic oxidation sites excluding steroid dienone is 6. The molecule has 0 amide bonds. The van der Waals surface area contributed by atoms with Gasteiger partial charge in [0.2, 0.25) is 0 Å². The average Bonchev–Trinajstić information content (AvgIpc) is 3.87. The Morgan fingerprint density at radius 1 is 0.706 bits per heavy atom. The maximum Gasteiger partial charge on any atom is 0.159 e. The van der Waals surface area contributed by atoms with Crippen molar-refractivity contribution in [3.05, 3.63) is 168 Å². The molecule has 2 aliphatic heterocycles. The van der Waals surface area contributed by atoms with Gasteiger partial charge in [0.05, 0.1) is 11.0 Å². The Kier molecular flexibility index (Phi) is 6.64. The fraction of sp³-hybridized carbons (Fsp3) is 0.111. The van der Waals surface area contributed by atoms with Crippen molar-refractivity contribution < 1.29 is 0 Å². The van der Waals surface area contributed by atoms with Crippen molar-refractivity contribution in [1.29, 1.82) is 0 Å². The van der Waals surface area contributed by atoms with Crippen molar-refractivity contribution >= 4 is 82.4 Å². The standard InChI is InChI=1S/C45H32N4S2/c1-3-12-27(13-4-1)43-46-44(28-14-5-2-6-15-28)48-45(47-43)29-22-24-37-33(26-29)41-39(50-37)25-23-32-40-36(20-11-21-38(40)51-42(32)41)49-34-18-9-7-16-30(34)31-17-8-10-19-35(31)49/h1-14,16-26,28,38,40,44H,15H2,(H,46,47,48). The maximum absolute atomic E-state index is 5.25. The van der Waals surface area contributed by atoms with Gasteiger partial charge in [0.25, 0.3) is 0 Å². The van der Waals surface area contributed by atoms with Crippen LogP contribution in [0, 0.1) is 5.92 Å². The largest absolute Gasteiger partial charge is 0.347 e. The van der Waals surface area contributed by atoms with Crippen molar-refractivity contribution in [2.24, 2.45) is 15.9 Å². The first kappa shape index (κ1) is 29.3. The van der Waals surface area contributed by atoms with Crippen molar-refractivity contribution in [3.63, 3.8) is 0 Å². The predicted octanol–water partition coefficient (Wildman–Crippen LogP) is 11.1. The highest BCUT2D eigenvalue weighted by Gasteiger charge is 2.39. The summed E-state index contributed by atoms with van der Waals surface area (Å²) in [5.41, 5.74) is 7.42. The van der Waals surface area contributed by atoms with Crippen molar-refractivity contribution in [1.82, 2.24) is 9.88 Å². The van der Waals surface area contributed by atoms with Crippen LogP contribution in [0.4, 0.5) is 0 Å². The van der Waals surface area contributed by atoms with Gasteiger partial charge in [-0.3, -0.25) is 0 Å². The van der Waals surface area contributed by atoms with Gasteiger partial charge < -0.3 is 9.88 Å². The molecule has 4 unspecified atom stereocenters. The molecule has 6 heteroatoms. The van der Waals surface area contributed by atoms with E-state index in [-0.39, 0.29) is 18.0 Å². The molecule has 2 aromatic heterocycles. The summed E-state index contributed by atoms with van der Waals surface area (Å²) in [5, 5.41) is 9.24. The fourth-order valence-electron chi connectivity index (χ4n) is 8.40.